The van der Waals surface area contributed by atoms with Crippen LogP contribution in [0.15, 0.2) is 322 Å². The van der Waals surface area contributed by atoms with Gasteiger partial charge in [-0.2, -0.15) is 0 Å². The van der Waals surface area contributed by atoms with Gasteiger partial charge in [0.1, 0.15) is 0 Å². The Morgan fingerprint density at radius 1 is 0.256 bits per heavy atom. The zero-order valence-corrected chi connectivity index (χ0v) is 46.9. The van der Waals surface area contributed by atoms with Gasteiger partial charge >= 0.3 is 0 Å². The second-order valence-electron chi connectivity index (χ2n) is 23.1. The van der Waals surface area contributed by atoms with E-state index in [4.69, 9.17) is 0 Å². The van der Waals surface area contributed by atoms with E-state index in [-0.39, 0.29) is 0 Å². The van der Waals surface area contributed by atoms with Gasteiger partial charge in [-0.1, -0.05) is 243 Å². The summed E-state index contributed by atoms with van der Waals surface area (Å²) in [5.41, 5.74) is 27.3. The van der Waals surface area contributed by atoms with E-state index in [0.717, 1.165) is 39.4 Å². The van der Waals surface area contributed by atoms with Crippen LogP contribution in [0.2, 0.25) is 0 Å². The van der Waals surface area contributed by atoms with E-state index in [1.54, 1.807) is 0 Å². The fourth-order valence-electron chi connectivity index (χ4n) is 15.0. The van der Waals surface area contributed by atoms with Crippen molar-refractivity contribution in [2.24, 2.45) is 0 Å². The van der Waals surface area contributed by atoms with Crippen molar-refractivity contribution in [3.8, 4) is 67.0 Å². The van der Waals surface area contributed by atoms with Crippen LogP contribution in [0.1, 0.15) is 22.3 Å². The summed E-state index contributed by atoms with van der Waals surface area (Å²) in [5, 5.41) is 7.44. The Balaban J connectivity index is 0.766. The molecule has 18 rings (SSSR count). The molecule has 14 aromatic carbocycles. The Morgan fingerprint density at radius 2 is 0.767 bits per heavy atom. The smallest absolute Gasteiger partial charge is 0.0754 e. The number of anilines is 3. The summed E-state index contributed by atoms with van der Waals surface area (Å²) in [7, 11) is 0. The summed E-state index contributed by atoms with van der Waals surface area (Å²) >= 11 is 0. The predicted octanol–water partition coefficient (Wildman–Crippen LogP) is 21.8. The first kappa shape index (κ1) is 48.3. The summed E-state index contributed by atoms with van der Waals surface area (Å²) in [4.78, 5) is 2.45. The van der Waals surface area contributed by atoms with Crippen molar-refractivity contribution >= 4 is 71.4 Å². The SMILES string of the molecule is c1ccc(-c2ccccc2-c2ccccc2N(c2ccc(-c3cccc(-n4c5ccccc5c5ccccc54)c3)cc2)c2ccc3cc(-c4ccc5c(c4)C4(c6ccccc6-5)c5ccccc5-n5c6ccccc6c6cccc4c65)ccc3c2)cc1. The molecule has 3 heterocycles. The Bertz CT molecular complexity index is 5380. The van der Waals surface area contributed by atoms with Gasteiger partial charge in [0.25, 0.3) is 0 Å². The summed E-state index contributed by atoms with van der Waals surface area (Å²) in [5.74, 6) is 0. The van der Waals surface area contributed by atoms with Crippen molar-refractivity contribution in [1.82, 2.24) is 9.13 Å². The maximum atomic E-state index is 2.52. The predicted molar refractivity (Wildman–Crippen MR) is 360 cm³/mol. The molecule has 0 saturated carbocycles. The molecule has 1 atom stereocenters. The summed E-state index contributed by atoms with van der Waals surface area (Å²) in [6.45, 7) is 0. The summed E-state index contributed by atoms with van der Waals surface area (Å²) in [6, 6.07) is 119. The summed E-state index contributed by atoms with van der Waals surface area (Å²) in [6.07, 6.45) is 0. The molecule has 0 saturated heterocycles. The van der Waals surface area contributed by atoms with E-state index in [2.05, 4.69) is 336 Å². The standard InChI is InChI=1S/C83H53N3/c1-2-20-55(21-3-1)64-24-4-5-25-65(64)68-27-7-13-35-77(68)84(61-46-42-54(43-47-61)56-22-18-23-62(51-56)85-78-36-14-8-28-69(78)70-29-9-15-37-79(70)85)63-48-44-58-50-57(40-41-59(58)52-63)60-45-49-67-66-26-6-11-32-73(66)83(76(67)53-60)74-33-12-17-39-81(74)86-80-38-16-10-30-71(80)72-31-19-34-75(83)82(72)86/h1-53H. The van der Waals surface area contributed by atoms with Gasteiger partial charge in [-0.3, -0.25) is 0 Å². The molecule has 1 spiro atoms. The Kier molecular flexibility index (Phi) is 10.6. The lowest BCUT2D eigenvalue weighted by Crippen LogP contribution is -2.33. The van der Waals surface area contributed by atoms with Crippen LogP contribution in [-0.2, 0) is 5.41 Å². The van der Waals surface area contributed by atoms with E-state index in [9.17, 15) is 0 Å². The third-order valence-corrected chi connectivity index (χ3v) is 18.7. The molecular weight excluding hydrogens is 1040 g/mol. The van der Waals surface area contributed by atoms with Crippen LogP contribution in [0.5, 0.6) is 0 Å². The van der Waals surface area contributed by atoms with Gasteiger partial charge in [0.2, 0.25) is 0 Å². The number of aromatic nitrogens is 2. The second-order valence-corrected chi connectivity index (χ2v) is 23.1. The Labute approximate surface area is 498 Å². The minimum absolute atomic E-state index is 0.523. The van der Waals surface area contributed by atoms with Crippen LogP contribution in [0, 0.1) is 0 Å². The van der Waals surface area contributed by atoms with E-state index in [0.29, 0.717) is 0 Å². The lowest BCUT2D eigenvalue weighted by molar-refractivity contribution is 0.749. The maximum Gasteiger partial charge on any atom is 0.0754 e. The number of fused-ring (bicyclic) bond motifs is 16. The van der Waals surface area contributed by atoms with Crippen LogP contribution < -0.4 is 4.90 Å². The van der Waals surface area contributed by atoms with E-state index in [1.807, 2.05) is 0 Å². The highest BCUT2D eigenvalue weighted by molar-refractivity contribution is 6.13. The van der Waals surface area contributed by atoms with Crippen molar-refractivity contribution in [2.75, 3.05) is 4.90 Å². The van der Waals surface area contributed by atoms with Gasteiger partial charge < -0.3 is 14.0 Å². The van der Waals surface area contributed by atoms with Crippen LogP contribution >= 0.6 is 0 Å². The minimum Gasteiger partial charge on any atom is -0.310 e. The van der Waals surface area contributed by atoms with Gasteiger partial charge in [-0.05, 0) is 162 Å². The average Bonchev–Trinajstić information content (AvgIpc) is 1.48. The number of rotatable bonds is 8. The lowest BCUT2D eigenvalue weighted by atomic mass is 9.65. The van der Waals surface area contributed by atoms with Crippen molar-refractivity contribution in [3.63, 3.8) is 0 Å². The molecule has 0 bridgehead atoms. The minimum atomic E-state index is -0.523. The molecule has 3 nitrogen and oxygen atoms in total. The quantitative estimate of drug-likeness (QED) is 0.148. The Hall–Kier alpha value is -11.3. The number of hydrogen-bond acceptors (Lipinski definition) is 1. The highest BCUT2D eigenvalue weighted by Gasteiger charge is 2.51. The van der Waals surface area contributed by atoms with E-state index >= 15 is 0 Å². The largest absolute Gasteiger partial charge is 0.310 e. The molecule has 3 heteroatoms. The molecule has 16 aromatic rings. The molecule has 2 aliphatic rings. The van der Waals surface area contributed by atoms with Crippen LogP contribution in [0.25, 0.3) is 121 Å². The number of para-hydroxylation sites is 6. The number of benzene rings is 14. The average molecular weight is 1090 g/mol. The Morgan fingerprint density at radius 3 is 1.56 bits per heavy atom. The molecule has 1 aliphatic carbocycles. The monoisotopic (exact) mass is 1090 g/mol. The molecule has 0 N–H and O–H groups in total. The highest BCUT2D eigenvalue weighted by Crippen LogP contribution is 2.61. The molecule has 400 valence electrons. The van der Waals surface area contributed by atoms with Crippen LogP contribution in [0.4, 0.5) is 17.1 Å². The van der Waals surface area contributed by atoms with Gasteiger partial charge in [-0.15, -0.1) is 0 Å². The van der Waals surface area contributed by atoms with Gasteiger partial charge in [-0.25, -0.2) is 0 Å². The first-order chi connectivity index (χ1) is 42.7. The molecule has 0 fully saturated rings. The van der Waals surface area contributed by atoms with E-state index < -0.39 is 5.41 Å². The van der Waals surface area contributed by atoms with Gasteiger partial charge in [0.15, 0.2) is 0 Å². The zero-order valence-electron chi connectivity index (χ0n) is 46.9. The fourth-order valence-corrected chi connectivity index (χ4v) is 15.0. The van der Waals surface area contributed by atoms with Crippen molar-refractivity contribution in [2.45, 2.75) is 5.41 Å². The van der Waals surface area contributed by atoms with Crippen molar-refractivity contribution < 1.29 is 0 Å². The third kappa shape index (κ3) is 7.03. The van der Waals surface area contributed by atoms with Crippen LogP contribution in [0.3, 0.4) is 0 Å². The lowest BCUT2D eigenvalue weighted by Gasteiger charge is -2.39. The fraction of sp³-hybridized carbons (Fsp3) is 0.0120. The molecule has 0 radical (unpaired) electrons. The van der Waals surface area contributed by atoms with Gasteiger partial charge in [0.05, 0.1) is 38.9 Å². The highest BCUT2D eigenvalue weighted by atomic mass is 15.1. The molecule has 1 unspecified atom stereocenters. The first-order valence-electron chi connectivity index (χ1n) is 29.8. The van der Waals surface area contributed by atoms with Crippen molar-refractivity contribution in [3.05, 3.63) is 344 Å². The normalized spacial score (nSPS) is 13.9. The number of hydrogen-bond donors (Lipinski definition) is 0. The first-order valence-corrected chi connectivity index (χ1v) is 29.8. The van der Waals surface area contributed by atoms with Gasteiger partial charge in [0, 0.05) is 44.2 Å². The number of nitrogens with zero attached hydrogens (tertiary/aromatic N) is 3. The summed E-state index contributed by atoms with van der Waals surface area (Å²) < 4.78 is 4.92. The van der Waals surface area contributed by atoms with E-state index in [1.165, 1.54) is 121 Å². The molecular formula is C83H53N3. The molecule has 0 amide bonds. The molecule has 1 aliphatic heterocycles. The maximum absolute atomic E-state index is 2.52. The topological polar surface area (TPSA) is 13.1 Å². The van der Waals surface area contributed by atoms with Crippen LogP contribution in [-0.4, -0.2) is 9.13 Å². The second kappa shape index (κ2) is 18.9. The third-order valence-electron chi connectivity index (χ3n) is 18.7. The molecule has 2 aromatic heterocycles. The zero-order chi connectivity index (χ0) is 56.5. The molecule has 86 heavy (non-hydrogen) atoms. The van der Waals surface area contributed by atoms with Crippen molar-refractivity contribution in [1.29, 1.82) is 0 Å².